The smallest absolute Gasteiger partial charge is 0.330 e. The number of aromatic nitrogens is 2. The van der Waals surface area contributed by atoms with Crippen molar-refractivity contribution in [3.05, 3.63) is 17.7 Å². The van der Waals surface area contributed by atoms with E-state index < -0.39 is 12.0 Å². The molecule has 0 saturated carbocycles. The number of halogens is 3. The van der Waals surface area contributed by atoms with Crippen molar-refractivity contribution in [1.29, 1.82) is 0 Å². The van der Waals surface area contributed by atoms with Crippen LogP contribution in [0, 0.1) is 5.92 Å². The Kier molecular flexibility index (Phi) is 3.11. The molecule has 1 aromatic heterocycles. The fourth-order valence-electron chi connectivity index (χ4n) is 1.31. The lowest BCUT2D eigenvalue weighted by Crippen LogP contribution is -2.12. The maximum atomic E-state index is 12.4. The van der Waals surface area contributed by atoms with E-state index >= 15 is 0 Å². The Morgan fingerprint density at radius 2 is 1.80 bits per heavy atom. The van der Waals surface area contributed by atoms with Gasteiger partial charge in [-0.25, -0.2) is 4.98 Å². The van der Waals surface area contributed by atoms with Crippen LogP contribution in [0.15, 0.2) is 6.20 Å². The van der Waals surface area contributed by atoms with Gasteiger partial charge in [0, 0.05) is 19.2 Å². The van der Waals surface area contributed by atoms with Crippen molar-refractivity contribution >= 4 is 0 Å². The van der Waals surface area contributed by atoms with E-state index in [0.29, 0.717) is 5.69 Å². The van der Waals surface area contributed by atoms with Crippen molar-refractivity contribution in [2.75, 3.05) is 0 Å². The van der Waals surface area contributed by atoms with E-state index in [2.05, 4.69) is 4.98 Å². The maximum Gasteiger partial charge on any atom is 0.449 e. The summed E-state index contributed by atoms with van der Waals surface area (Å²) in [7, 11) is 1.37. The van der Waals surface area contributed by atoms with E-state index in [1.807, 2.05) is 20.8 Å². The van der Waals surface area contributed by atoms with Crippen LogP contribution in [-0.4, -0.2) is 9.55 Å². The van der Waals surface area contributed by atoms with Crippen molar-refractivity contribution < 1.29 is 13.2 Å². The largest absolute Gasteiger partial charge is 0.449 e. The first kappa shape index (κ1) is 12.1. The summed E-state index contributed by atoms with van der Waals surface area (Å²) in [5, 5.41) is 0. The van der Waals surface area contributed by atoms with Gasteiger partial charge in [-0.05, 0) is 5.92 Å². The van der Waals surface area contributed by atoms with Gasteiger partial charge in [-0.2, -0.15) is 13.2 Å². The van der Waals surface area contributed by atoms with Gasteiger partial charge in [0.05, 0.1) is 5.69 Å². The summed E-state index contributed by atoms with van der Waals surface area (Å²) in [5.74, 6) is -0.515. The third kappa shape index (κ3) is 2.52. The summed E-state index contributed by atoms with van der Waals surface area (Å²) >= 11 is 0. The van der Waals surface area contributed by atoms with Gasteiger partial charge in [-0.3, -0.25) is 0 Å². The minimum Gasteiger partial charge on any atom is -0.330 e. The maximum absolute atomic E-state index is 12.4. The van der Waals surface area contributed by atoms with Crippen LogP contribution in [0.5, 0.6) is 0 Å². The van der Waals surface area contributed by atoms with Gasteiger partial charge in [0.25, 0.3) is 0 Å². The molecule has 0 aliphatic carbocycles. The predicted molar refractivity (Wildman–Crippen MR) is 51.5 cm³/mol. The summed E-state index contributed by atoms with van der Waals surface area (Å²) in [5.41, 5.74) is 0.500. The molecule has 0 spiro atoms. The van der Waals surface area contributed by atoms with Crippen LogP contribution in [0.2, 0.25) is 0 Å². The van der Waals surface area contributed by atoms with Crippen LogP contribution >= 0.6 is 0 Å². The van der Waals surface area contributed by atoms with E-state index in [9.17, 15) is 13.2 Å². The van der Waals surface area contributed by atoms with Gasteiger partial charge in [0.2, 0.25) is 5.82 Å². The van der Waals surface area contributed by atoms with Crippen molar-refractivity contribution in [2.45, 2.75) is 32.9 Å². The molecule has 1 rings (SSSR count). The van der Waals surface area contributed by atoms with E-state index in [1.165, 1.54) is 13.2 Å². The molecular formula is C10H15F3N2. The van der Waals surface area contributed by atoms with Gasteiger partial charge in [0.15, 0.2) is 0 Å². The number of imidazole rings is 1. The van der Waals surface area contributed by atoms with Gasteiger partial charge < -0.3 is 4.57 Å². The molecule has 1 unspecified atom stereocenters. The first-order chi connectivity index (χ1) is 6.73. The average molecular weight is 220 g/mol. The highest BCUT2D eigenvalue weighted by atomic mass is 19.4. The molecule has 1 atom stereocenters. The monoisotopic (exact) mass is 220 g/mol. The molecule has 0 saturated heterocycles. The average Bonchev–Trinajstić information content (AvgIpc) is 2.44. The molecule has 0 fully saturated rings. The topological polar surface area (TPSA) is 17.8 Å². The van der Waals surface area contributed by atoms with E-state index in [-0.39, 0.29) is 11.8 Å². The highest BCUT2D eigenvalue weighted by Crippen LogP contribution is 2.30. The molecule has 15 heavy (non-hydrogen) atoms. The van der Waals surface area contributed by atoms with Gasteiger partial charge >= 0.3 is 6.18 Å². The summed E-state index contributed by atoms with van der Waals surface area (Å²) < 4.78 is 38.4. The second kappa shape index (κ2) is 3.87. The second-order valence-corrected chi connectivity index (χ2v) is 4.13. The number of alkyl halides is 3. The predicted octanol–water partition coefficient (Wildman–Crippen LogP) is 3.20. The Labute approximate surface area is 87.1 Å². The van der Waals surface area contributed by atoms with Crippen LogP contribution in [0.3, 0.4) is 0 Å². The van der Waals surface area contributed by atoms with Crippen LogP contribution in [-0.2, 0) is 13.2 Å². The standard InChI is InChI=1S/C10H15F3N2/c1-6(2)7(3)8-5-15(4)9(14-8)10(11,12)13/h5-7H,1-4H3. The molecule has 1 heterocycles. The molecule has 0 radical (unpaired) electrons. The number of hydrogen-bond donors (Lipinski definition) is 0. The van der Waals surface area contributed by atoms with E-state index in [4.69, 9.17) is 0 Å². The number of nitrogens with zero attached hydrogens (tertiary/aromatic N) is 2. The lowest BCUT2D eigenvalue weighted by atomic mass is 9.95. The van der Waals surface area contributed by atoms with Crippen LogP contribution in [0.1, 0.15) is 38.2 Å². The first-order valence-corrected chi connectivity index (χ1v) is 4.84. The molecule has 0 aliphatic heterocycles. The lowest BCUT2D eigenvalue weighted by molar-refractivity contribution is -0.146. The van der Waals surface area contributed by atoms with Crippen LogP contribution in [0.25, 0.3) is 0 Å². The van der Waals surface area contributed by atoms with E-state index in [1.54, 1.807) is 0 Å². The molecular weight excluding hydrogens is 205 g/mol. The molecule has 0 aromatic carbocycles. The molecule has 2 nitrogen and oxygen atoms in total. The SMILES string of the molecule is CC(C)C(C)c1cn(C)c(C(F)(F)F)n1. The molecule has 1 aromatic rings. The summed E-state index contributed by atoms with van der Waals surface area (Å²) in [6.45, 7) is 5.81. The van der Waals surface area contributed by atoms with Crippen LogP contribution in [0.4, 0.5) is 13.2 Å². The van der Waals surface area contributed by atoms with Crippen molar-refractivity contribution in [1.82, 2.24) is 9.55 Å². The fraction of sp³-hybridized carbons (Fsp3) is 0.700. The Bertz CT molecular complexity index is 339. The quantitative estimate of drug-likeness (QED) is 0.748. The Morgan fingerprint density at radius 1 is 1.27 bits per heavy atom. The Hall–Kier alpha value is -1.00. The summed E-state index contributed by atoms with van der Waals surface area (Å²) in [6.07, 6.45) is -2.92. The molecule has 0 N–H and O–H groups in total. The highest BCUT2D eigenvalue weighted by molar-refractivity contribution is 5.11. The molecule has 5 heteroatoms. The zero-order valence-corrected chi connectivity index (χ0v) is 9.26. The number of hydrogen-bond acceptors (Lipinski definition) is 1. The van der Waals surface area contributed by atoms with Crippen molar-refractivity contribution in [3.8, 4) is 0 Å². The minimum absolute atomic E-state index is 0.0345. The fourth-order valence-corrected chi connectivity index (χ4v) is 1.31. The molecule has 0 amide bonds. The lowest BCUT2D eigenvalue weighted by Gasteiger charge is -2.11. The highest BCUT2D eigenvalue weighted by Gasteiger charge is 2.36. The van der Waals surface area contributed by atoms with Gasteiger partial charge in [0.1, 0.15) is 0 Å². The normalized spacial score (nSPS) is 14.7. The van der Waals surface area contributed by atoms with Gasteiger partial charge in [-0.15, -0.1) is 0 Å². The van der Waals surface area contributed by atoms with E-state index in [0.717, 1.165) is 4.57 Å². The second-order valence-electron chi connectivity index (χ2n) is 4.13. The molecule has 0 bridgehead atoms. The zero-order chi connectivity index (χ0) is 11.8. The van der Waals surface area contributed by atoms with Crippen molar-refractivity contribution in [3.63, 3.8) is 0 Å². The Morgan fingerprint density at radius 3 is 2.13 bits per heavy atom. The summed E-state index contributed by atoms with van der Waals surface area (Å²) in [4.78, 5) is 3.64. The number of aryl methyl sites for hydroxylation is 1. The molecule has 86 valence electrons. The Balaban J connectivity index is 3.06. The van der Waals surface area contributed by atoms with Crippen LogP contribution < -0.4 is 0 Å². The minimum atomic E-state index is -4.37. The van der Waals surface area contributed by atoms with Gasteiger partial charge in [-0.1, -0.05) is 20.8 Å². The zero-order valence-electron chi connectivity index (χ0n) is 9.26. The van der Waals surface area contributed by atoms with Crippen molar-refractivity contribution in [2.24, 2.45) is 13.0 Å². The number of rotatable bonds is 2. The first-order valence-electron chi connectivity index (χ1n) is 4.84. The third-order valence-corrected chi connectivity index (χ3v) is 2.62. The molecule has 0 aliphatic rings. The third-order valence-electron chi connectivity index (χ3n) is 2.62. The summed E-state index contributed by atoms with van der Waals surface area (Å²) in [6, 6.07) is 0.